The molecule has 0 aromatic heterocycles. The molecule has 0 spiro atoms. The van der Waals surface area contributed by atoms with Crippen LogP contribution in [0.2, 0.25) is 0 Å². The fourth-order valence-corrected chi connectivity index (χ4v) is 2.16. The Bertz CT molecular complexity index is 507. The van der Waals surface area contributed by atoms with Gasteiger partial charge in [-0.2, -0.15) is 8.42 Å². The first-order valence-electron chi connectivity index (χ1n) is 10.1. The Kier molecular flexibility index (Phi) is 23.2. The Morgan fingerprint density at radius 3 is 1.03 bits per heavy atom. The summed E-state index contributed by atoms with van der Waals surface area (Å²) in [4.78, 5) is 0. The van der Waals surface area contributed by atoms with Crippen LogP contribution in [0.15, 0.2) is 0 Å². The molecule has 0 aromatic rings. The lowest BCUT2D eigenvalue weighted by atomic mass is 10.6. The van der Waals surface area contributed by atoms with E-state index in [-0.39, 0.29) is 13.2 Å². The molecule has 0 saturated carbocycles. The Morgan fingerprint density at radius 2 is 0.774 bits per heavy atom. The average Bonchev–Trinajstić information content (AvgIpc) is 2.73. The van der Waals surface area contributed by atoms with Gasteiger partial charge in [0.25, 0.3) is 10.1 Å². The molecule has 0 atom stereocenters. The van der Waals surface area contributed by atoms with Crippen LogP contribution in [0.4, 0.5) is 0 Å². The molecule has 0 saturated heterocycles. The first kappa shape index (κ1) is 30.1. The van der Waals surface area contributed by atoms with Crippen LogP contribution in [-0.2, 0) is 48.0 Å². The molecule has 0 bridgehead atoms. The molecule has 0 aromatic carbocycles. The number of rotatable bonds is 25. The highest BCUT2D eigenvalue weighted by atomic mass is 32.2. The normalized spacial score (nSPS) is 11.6. The topological polar surface area (TPSA) is 128 Å². The van der Waals surface area contributed by atoms with Crippen LogP contribution in [-0.4, -0.2) is 124 Å². The lowest BCUT2D eigenvalue weighted by Gasteiger charge is -2.08. The van der Waals surface area contributed by atoms with Gasteiger partial charge in [-0.3, -0.25) is 4.55 Å². The van der Waals surface area contributed by atoms with E-state index in [2.05, 4.69) is 5.92 Å². The molecule has 0 fully saturated rings. The first-order chi connectivity index (χ1) is 15.1. The Morgan fingerprint density at radius 1 is 0.516 bits per heavy atom. The molecule has 0 rings (SSSR count). The lowest BCUT2D eigenvalue weighted by Crippen LogP contribution is -2.15. The summed E-state index contributed by atoms with van der Waals surface area (Å²) in [6, 6.07) is 0. The van der Waals surface area contributed by atoms with Crippen molar-refractivity contribution in [1.82, 2.24) is 0 Å². The summed E-state index contributed by atoms with van der Waals surface area (Å²) < 4.78 is 71.5. The van der Waals surface area contributed by atoms with Gasteiger partial charge in [0.15, 0.2) is 0 Å². The standard InChI is InChI=1S/C19H36O11S/c1-2-3-23-4-5-24-6-7-25-8-9-26-10-11-27-12-13-28-14-15-29-16-17-30-18-19-31(20,21)22/h1H,3-19H2,(H,20,21,22). The molecule has 0 amide bonds. The molecule has 0 unspecified atom stereocenters. The third-order valence-electron chi connectivity index (χ3n) is 3.28. The van der Waals surface area contributed by atoms with Crippen LogP contribution in [0.3, 0.4) is 0 Å². The van der Waals surface area contributed by atoms with Crippen molar-refractivity contribution >= 4 is 10.1 Å². The van der Waals surface area contributed by atoms with Gasteiger partial charge < -0.3 is 37.9 Å². The maximum atomic E-state index is 10.5. The van der Waals surface area contributed by atoms with E-state index in [1.807, 2.05) is 0 Å². The maximum Gasteiger partial charge on any atom is 0.267 e. The maximum absolute atomic E-state index is 10.5. The van der Waals surface area contributed by atoms with Crippen molar-refractivity contribution in [3.8, 4) is 12.3 Å². The molecule has 0 aliphatic carbocycles. The summed E-state index contributed by atoms with van der Waals surface area (Å²) in [5.74, 6) is 1.96. The van der Waals surface area contributed by atoms with Gasteiger partial charge in [0, 0.05) is 0 Å². The monoisotopic (exact) mass is 472 g/mol. The summed E-state index contributed by atoms with van der Waals surface area (Å²) in [5.41, 5.74) is 0. The minimum Gasteiger partial charge on any atom is -0.378 e. The van der Waals surface area contributed by atoms with E-state index in [4.69, 9.17) is 48.9 Å². The molecule has 1 N–H and O–H groups in total. The van der Waals surface area contributed by atoms with Crippen LogP contribution in [0.1, 0.15) is 0 Å². The van der Waals surface area contributed by atoms with E-state index in [9.17, 15) is 8.42 Å². The molecule has 31 heavy (non-hydrogen) atoms. The number of hydrogen-bond acceptors (Lipinski definition) is 10. The van der Waals surface area contributed by atoms with Crippen molar-refractivity contribution in [2.24, 2.45) is 0 Å². The Labute approximate surface area is 185 Å². The smallest absolute Gasteiger partial charge is 0.267 e. The van der Waals surface area contributed by atoms with Crippen molar-refractivity contribution in [3.63, 3.8) is 0 Å². The number of terminal acetylenes is 1. The van der Waals surface area contributed by atoms with E-state index < -0.39 is 15.9 Å². The van der Waals surface area contributed by atoms with Crippen molar-refractivity contribution in [2.45, 2.75) is 0 Å². The van der Waals surface area contributed by atoms with Crippen molar-refractivity contribution < 1.29 is 50.9 Å². The highest BCUT2D eigenvalue weighted by molar-refractivity contribution is 7.85. The molecule has 12 heteroatoms. The zero-order valence-electron chi connectivity index (χ0n) is 18.0. The Balaban J connectivity index is 3.04. The van der Waals surface area contributed by atoms with E-state index in [1.165, 1.54) is 0 Å². The van der Waals surface area contributed by atoms with E-state index in [0.717, 1.165) is 0 Å². The van der Waals surface area contributed by atoms with E-state index in [0.29, 0.717) is 92.5 Å². The summed E-state index contributed by atoms with van der Waals surface area (Å²) in [5, 5.41) is 0. The summed E-state index contributed by atoms with van der Waals surface area (Å²) in [6.45, 7) is 6.43. The SMILES string of the molecule is C#CCOCCOCCOCCOCCOCCOCCOCCOCCS(=O)(=O)O. The van der Waals surface area contributed by atoms with Gasteiger partial charge >= 0.3 is 0 Å². The van der Waals surface area contributed by atoms with Gasteiger partial charge in [0.1, 0.15) is 6.61 Å². The van der Waals surface area contributed by atoms with Gasteiger partial charge in [0.2, 0.25) is 0 Å². The zero-order valence-corrected chi connectivity index (χ0v) is 18.9. The second kappa shape index (κ2) is 23.8. The van der Waals surface area contributed by atoms with Crippen LogP contribution in [0.5, 0.6) is 0 Å². The molecule has 11 nitrogen and oxygen atoms in total. The summed E-state index contributed by atoms with van der Waals surface area (Å²) in [7, 11) is -3.97. The highest BCUT2D eigenvalue weighted by Crippen LogP contribution is 1.87. The molecule has 0 heterocycles. The molecule has 184 valence electrons. The fourth-order valence-electron chi connectivity index (χ4n) is 1.83. The van der Waals surface area contributed by atoms with Crippen molar-refractivity contribution in [3.05, 3.63) is 0 Å². The first-order valence-corrected chi connectivity index (χ1v) is 11.7. The molecule has 0 aliphatic heterocycles. The van der Waals surface area contributed by atoms with Crippen molar-refractivity contribution in [1.29, 1.82) is 0 Å². The van der Waals surface area contributed by atoms with Gasteiger partial charge in [-0.25, -0.2) is 0 Å². The number of hydrogen-bond donors (Lipinski definition) is 1. The molecular weight excluding hydrogens is 436 g/mol. The van der Waals surface area contributed by atoms with E-state index in [1.54, 1.807) is 0 Å². The predicted molar refractivity (Wildman–Crippen MR) is 112 cm³/mol. The summed E-state index contributed by atoms with van der Waals surface area (Å²) in [6.07, 6.45) is 5.05. The predicted octanol–water partition coefficient (Wildman–Crippen LogP) is -0.360. The minimum absolute atomic E-state index is 0.0629. The lowest BCUT2D eigenvalue weighted by molar-refractivity contribution is -0.0222. The van der Waals surface area contributed by atoms with Gasteiger partial charge in [-0.1, -0.05) is 5.92 Å². The average molecular weight is 473 g/mol. The van der Waals surface area contributed by atoms with Gasteiger partial charge in [-0.15, -0.1) is 6.42 Å². The number of ether oxygens (including phenoxy) is 8. The van der Waals surface area contributed by atoms with Crippen LogP contribution < -0.4 is 0 Å². The molecular formula is C19H36O11S. The highest BCUT2D eigenvalue weighted by Gasteiger charge is 2.03. The van der Waals surface area contributed by atoms with Crippen molar-refractivity contribution in [2.75, 3.05) is 111 Å². The van der Waals surface area contributed by atoms with Crippen LogP contribution in [0.25, 0.3) is 0 Å². The zero-order chi connectivity index (χ0) is 22.9. The van der Waals surface area contributed by atoms with Gasteiger partial charge in [0.05, 0.1) is 105 Å². The second-order valence-electron chi connectivity index (χ2n) is 5.83. The second-order valence-corrected chi connectivity index (χ2v) is 7.40. The van der Waals surface area contributed by atoms with Crippen LogP contribution in [0, 0.1) is 12.3 Å². The van der Waals surface area contributed by atoms with Gasteiger partial charge in [-0.05, 0) is 0 Å². The minimum atomic E-state index is -3.97. The third kappa shape index (κ3) is 29.1. The summed E-state index contributed by atoms with van der Waals surface area (Å²) >= 11 is 0. The van der Waals surface area contributed by atoms with E-state index >= 15 is 0 Å². The fraction of sp³-hybridized carbons (Fsp3) is 0.895. The van der Waals surface area contributed by atoms with Crippen LogP contribution >= 0.6 is 0 Å². The third-order valence-corrected chi connectivity index (χ3v) is 3.96. The molecule has 0 radical (unpaired) electrons. The quantitative estimate of drug-likeness (QED) is 0.106. The Hall–Kier alpha value is -0.850. The molecule has 0 aliphatic rings. The largest absolute Gasteiger partial charge is 0.378 e.